The number of nitrogens with one attached hydrogen (secondary N) is 2. The lowest BCUT2D eigenvalue weighted by Gasteiger charge is -2.11. The molecule has 6 nitrogen and oxygen atoms in total. The second-order valence-corrected chi connectivity index (χ2v) is 5.05. The lowest BCUT2D eigenvalue weighted by Crippen LogP contribution is -2.38. The Bertz CT molecular complexity index is 504. The van der Waals surface area contributed by atoms with Crippen LogP contribution in [0.1, 0.15) is 18.9 Å². The quantitative estimate of drug-likeness (QED) is 0.226. The Labute approximate surface area is 166 Å². The zero-order chi connectivity index (χ0) is 17.6. The first-order valence-corrected chi connectivity index (χ1v) is 8.12. The SMILES string of the molecule is CCNC(=NCc1ccc(OC)c(F)c1)NCCCOCCOC.I. The van der Waals surface area contributed by atoms with Crippen molar-refractivity contribution < 1.29 is 18.6 Å². The Morgan fingerprint density at radius 3 is 2.60 bits per heavy atom. The number of guanidine groups is 1. The van der Waals surface area contributed by atoms with Gasteiger partial charge in [0.2, 0.25) is 0 Å². The van der Waals surface area contributed by atoms with Crippen molar-refractivity contribution in [2.45, 2.75) is 19.9 Å². The van der Waals surface area contributed by atoms with Gasteiger partial charge in [0.05, 0.1) is 26.9 Å². The fraction of sp³-hybridized carbons (Fsp3) is 0.588. The molecule has 0 aliphatic rings. The number of hydrogen-bond acceptors (Lipinski definition) is 4. The maximum Gasteiger partial charge on any atom is 0.191 e. The predicted molar refractivity (Wildman–Crippen MR) is 108 cm³/mol. The van der Waals surface area contributed by atoms with Gasteiger partial charge in [-0.3, -0.25) is 0 Å². The van der Waals surface area contributed by atoms with Crippen molar-refractivity contribution in [3.8, 4) is 5.75 Å². The van der Waals surface area contributed by atoms with Crippen molar-refractivity contribution >= 4 is 29.9 Å². The van der Waals surface area contributed by atoms with Gasteiger partial charge in [-0.15, -0.1) is 24.0 Å². The van der Waals surface area contributed by atoms with Crippen LogP contribution in [0.4, 0.5) is 4.39 Å². The minimum Gasteiger partial charge on any atom is -0.494 e. The summed E-state index contributed by atoms with van der Waals surface area (Å²) in [5, 5.41) is 6.39. The highest BCUT2D eigenvalue weighted by Crippen LogP contribution is 2.17. The fourth-order valence-electron chi connectivity index (χ4n) is 1.95. The van der Waals surface area contributed by atoms with Crippen molar-refractivity contribution in [1.29, 1.82) is 0 Å². The van der Waals surface area contributed by atoms with Crippen molar-refractivity contribution in [2.75, 3.05) is 47.1 Å². The van der Waals surface area contributed by atoms with Gasteiger partial charge in [0.25, 0.3) is 0 Å². The first-order valence-electron chi connectivity index (χ1n) is 8.12. The molecule has 1 rings (SSSR count). The molecule has 0 bridgehead atoms. The molecule has 2 N–H and O–H groups in total. The summed E-state index contributed by atoms with van der Waals surface area (Å²) in [4.78, 5) is 4.45. The van der Waals surface area contributed by atoms with E-state index in [0.29, 0.717) is 32.3 Å². The standard InChI is InChI=1S/C17H28FN3O3.HI/c1-4-19-17(20-8-5-9-24-11-10-22-2)21-13-14-6-7-16(23-3)15(18)12-14;/h6-7,12H,4-5,8-11,13H2,1-3H3,(H2,19,20,21);1H. The minimum absolute atomic E-state index is 0. The van der Waals surface area contributed by atoms with Crippen molar-refractivity contribution in [3.63, 3.8) is 0 Å². The first kappa shape index (κ1) is 23.9. The van der Waals surface area contributed by atoms with Gasteiger partial charge in [-0.05, 0) is 31.0 Å². The second kappa shape index (κ2) is 15.2. The van der Waals surface area contributed by atoms with Crippen LogP contribution in [0.15, 0.2) is 23.2 Å². The number of hydrogen-bond donors (Lipinski definition) is 2. The number of halogens is 2. The highest BCUT2D eigenvalue weighted by atomic mass is 127. The van der Waals surface area contributed by atoms with E-state index in [1.54, 1.807) is 19.2 Å². The number of methoxy groups -OCH3 is 2. The van der Waals surface area contributed by atoms with Crippen LogP contribution >= 0.6 is 24.0 Å². The third-order valence-electron chi connectivity index (χ3n) is 3.17. The molecule has 0 saturated carbocycles. The molecule has 0 unspecified atom stereocenters. The number of rotatable bonds is 11. The first-order chi connectivity index (χ1) is 11.7. The Morgan fingerprint density at radius 1 is 1.16 bits per heavy atom. The monoisotopic (exact) mass is 469 g/mol. The van der Waals surface area contributed by atoms with Crippen LogP contribution in [-0.4, -0.2) is 53.1 Å². The van der Waals surface area contributed by atoms with Crippen molar-refractivity contribution in [2.24, 2.45) is 4.99 Å². The normalized spacial score (nSPS) is 11.0. The molecule has 8 heteroatoms. The second-order valence-electron chi connectivity index (χ2n) is 5.05. The van der Waals surface area contributed by atoms with E-state index in [1.165, 1.54) is 13.2 Å². The van der Waals surface area contributed by atoms with E-state index in [0.717, 1.165) is 25.1 Å². The van der Waals surface area contributed by atoms with Crippen LogP contribution in [0.2, 0.25) is 0 Å². The van der Waals surface area contributed by atoms with Crippen LogP contribution < -0.4 is 15.4 Å². The van der Waals surface area contributed by atoms with Gasteiger partial charge in [0.1, 0.15) is 0 Å². The van der Waals surface area contributed by atoms with Gasteiger partial charge < -0.3 is 24.8 Å². The minimum atomic E-state index is -0.378. The third-order valence-corrected chi connectivity index (χ3v) is 3.17. The van der Waals surface area contributed by atoms with E-state index < -0.39 is 0 Å². The summed E-state index contributed by atoms with van der Waals surface area (Å²) in [7, 11) is 3.10. The molecule has 0 heterocycles. The van der Waals surface area contributed by atoms with Gasteiger partial charge in [0, 0.05) is 26.8 Å². The van der Waals surface area contributed by atoms with Crippen LogP contribution in [0, 0.1) is 5.82 Å². The highest BCUT2D eigenvalue weighted by Gasteiger charge is 2.03. The lowest BCUT2D eigenvalue weighted by molar-refractivity contribution is 0.0698. The average molecular weight is 469 g/mol. The highest BCUT2D eigenvalue weighted by molar-refractivity contribution is 14.0. The molecular formula is C17H29FIN3O3. The number of nitrogens with zero attached hydrogens (tertiary/aromatic N) is 1. The predicted octanol–water partition coefficient (Wildman–Crippen LogP) is 2.56. The molecule has 0 spiro atoms. The van der Waals surface area contributed by atoms with Gasteiger partial charge >= 0.3 is 0 Å². The number of aliphatic imine (C=N–C) groups is 1. The summed E-state index contributed by atoms with van der Waals surface area (Å²) in [6.45, 7) is 5.77. The molecule has 0 aliphatic carbocycles. The summed E-state index contributed by atoms with van der Waals surface area (Å²) < 4.78 is 28.9. The van der Waals surface area contributed by atoms with E-state index in [1.807, 2.05) is 6.92 Å². The molecule has 25 heavy (non-hydrogen) atoms. The van der Waals surface area contributed by atoms with E-state index >= 15 is 0 Å². The molecule has 0 aromatic heterocycles. The van der Waals surface area contributed by atoms with Crippen molar-refractivity contribution in [3.05, 3.63) is 29.6 Å². The fourth-order valence-corrected chi connectivity index (χ4v) is 1.95. The summed E-state index contributed by atoms with van der Waals surface area (Å²) in [6, 6.07) is 4.85. The van der Waals surface area contributed by atoms with Gasteiger partial charge in [0.15, 0.2) is 17.5 Å². The molecule has 0 atom stereocenters. The largest absolute Gasteiger partial charge is 0.494 e. The topological polar surface area (TPSA) is 64.1 Å². The molecule has 0 radical (unpaired) electrons. The molecule has 1 aromatic rings. The smallest absolute Gasteiger partial charge is 0.191 e. The average Bonchev–Trinajstić information content (AvgIpc) is 2.59. The molecule has 0 fully saturated rings. The maximum absolute atomic E-state index is 13.7. The Hall–Kier alpha value is -1.13. The Kier molecular flexibility index (Phi) is 14.5. The van der Waals surface area contributed by atoms with Gasteiger partial charge in [-0.1, -0.05) is 6.07 Å². The Morgan fingerprint density at radius 2 is 1.96 bits per heavy atom. The number of ether oxygens (including phenoxy) is 3. The van der Waals surface area contributed by atoms with Crippen LogP contribution in [0.25, 0.3) is 0 Å². The summed E-state index contributed by atoms with van der Waals surface area (Å²) in [5.74, 6) is 0.559. The molecule has 0 saturated heterocycles. The molecule has 1 aromatic carbocycles. The number of benzene rings is 1. The van der Waals surface area contributed by atoms with Crippen LogP contribution in [0.5, 0.6) is 5.75 Å². The van der Waals surface area contributed by atoms with Crippen LogP contribution in [-0.2, 0) is 16.0 Å². The van der Waals surface area contributed by atoms with Crippen LogP contribution in [0.3, 0.4) is 0 Å². The molecule has 0 amide bonds. The zero-order valence-electron chi connectivity index (χ0n) is 15.1. The van der Waals surface area contributed by atoms with E-state index in [9.17, 15) is 4.39 Å². The van der Waals surface area contributed by atoms with Gasteiger partial charge in [-0.2, -0.15) is 0 Å². The molecule has 0 aliphatic heterocycles. The summed E-state index contributed by atoms with van der Waals surface area (Å²) >= 11 is 0. The Balaban J connectivity index is 0.00000576. The van der Waals surface area contributed by atoms with E-state index in [-0.39, 0.29) is 35.5 Å². The molecular weight excluding hydrogens is 440 g/mol. The summed E-state index contributed by atoms with van der Waals surface area (Å²) in [6.07, 6.45) is 0.866. The third kappa shape index (κ3) is 10.5. The van der Waals surface area contributed by atoms with E-state index in [2.05, 4.69) is 15.6 Å². The lowest BCUT2D eigenvalue weighted by atomic mass is 10.2. The van der Waals surface area contributed by atoms with Crippen molar-refractivity contribution in [1.82, 2.24) is 10.6 Å². The van der Waals surface area contributed by atoms with E-state index in [4.69, 9.17) is 14.2 Å². The summed E-state index contributed by atoms with van der Waals surface area (Å²) in [5.41, 5.74) is 0.786. The van der Waals surface area contributed by atoms with Gasteiger partial charge in [-0.25, -0.2) is 9.38 Å². The zero-order valence-corrected chi connectivity index (χ0v) is 17.5. The maximum atomic E-state index is 13.7. The molecule has 144 valence electrons.